The highest BCUT2D eigenvalue weighted by Crippen LogP contribution is 2.23. The monoisotopic (exact) mass is 337 g/mol. The number of hydrogen-bond donors (Lipinski definition) is 2. The van der Waals surface area contributed by atoms with Gasteiger partial charge in [0.15, 0.2) is 0 Å². The van der Waals surface area contributed by atoms with Crippen LogP contribution in [0.5, 0.6) is 0 Å². The van der Waals surface area contributed by atoms with Crippen molar-refractivity contribution in [3.05, 3.63) is 65.2 Å². The molecular weight excluding hydrogens is 316 g/mol. The van der Waals surface area contributed by atoms with Crippen LogP contribution in [0.25, 0.3) is 0 Å². The second-order valence-corrected chi connectivity index (χ2v) is 6.39. The molecule has 2 nitrogen and oxygen atoms in total. The number of alkyl halides is 2. The quantitative estimate of drug-likeness (QED) is 0.701. The Bertz CT molecular complexity index is 604. The van der Waals surface area contributed by atoms with E-state index in [0.717, 1.165) is 21.6 Å². The minimum atomic E-state index is -2.29. The average molecular weight is 337 g/mol. The van der Waals surface area contributed by atoms with Crippen molar-refractivity contribution in [2.75, 3.05) is 5.75 Å². The molecule has 0 fully saturated rings. The molecule has 0 aliphatic carbocycles. The Balaban J connectivity index is 1.91. The van der Waals surface area contributed by atoms with Gasteiger partial charge >= 0.3 is 0 Å². The number of rotatable bonds is 8. The summed E-state index contributed by atoms with van der Waals surface area (Å²) in [5, 5.41) is 12.8. The first-order valence-corrected chi connectivity index (χ1v) is 8.50. The van der Waals surface area contributed by atoms with E-state index in [1.54, 1.807) is 0 Å². The van der Waals surface area contributed by atoms with E-state index in [0.29, 0.717) is 6.54 Å². The van der Waals surface area contributed by atoms with Crippen molar-refractivity contribution in [2.24, 2.45) is 0 Å². The zero-order valence-corrected chi connectivity index (χ0v) is 13.8. The summed E-state index contributed by atoms with van der Waals surface area (Å²) in [5.74, 6) is -0.176. The molecule has 124 valence electrons. The molecule has 0 aliphatic heterocycles. The Labute approximate surface area is 139 Å². The zero-order valence-electron chi connectivity index (χ0n) is 13.0. The molecule has 2 N–H and O–H groups in total. The molecule has 5 heteroatoms. The summed E-state index contributed by atoms with van der Waals surface area (Å²) in [7, 11) is 0. The molecule has 0 saturated heterocycles. The molecule has 0 amide bonds. The fourth-order valence-corrected chi connectivity index (χ4v) is 2.92. The zero-order chi connectivity index (χ0) is 16.7. The van der Waals surface area contributed by atoms with E-state index in [2.05, 4.69) is 12.2 Å². The molecule has 0 bridgehead atoms. The first kappa shape index (κ1) is 17.9. The average Bonchev–Trinajstić information content (AvgIpc) is 2.58. The van der Waals surface area contributed by atoms with Gasteiger partial charge in [0.2, 0.25) is 6.43 Å². The van der Waals surface area contributed by atoms with Crippen LogP contribution in [-0.2, 0) is 13.2 Å². The molecule has 0 aromatic heterocycles. The van der Waals surface area contributed by atoms with Crippen molar-refractivity contribution in [3.63, 3.8) is 0 Å². The molecule has 2 aromatic rings. The molecule has 2 aromatic carbocycles. The number of hydrogen-bond acceptors (Lipinski definition) is 3. The van der Waals surface area contributed by atoms with Crippen LogP contribution < -0.4 is 5.32 Å². The third-order valence-electron chi connectivity index (χ3n) is 3.64. The molecule has 0 saturated carbocycles. The Morgan fingerprint density at radius 2 is 1.70 bits per heavy atom. The topological polar surface area (TPSA) is 32.3 Å². The van der Waals surface area contributed by atoms with E-state index >= 15 is 0 Å². The maximum atomic E-state index is 12.2. The third kappa shape index (κ3) is 5.61. The van der Waals surface area contributed by atoms with Crippen LogP contribution in [0, 0.1) is 0 Å². The SMILES string of the molecule is CC(NCc1ccccc1CO)c1ccc(SCC(F)F)cc1. The van der Waals surface area contributed by atoms with Crippen LogP contribution in [0.15, 0.2) is 53.4 Å². The molecule has 0 aliphatic rings. The number of halogens is 2. The number of benzene rings is 2. The molecule has 2 rings (SSSR count). The highest BCUT2D eigenvalue weighted by atomic mass is 32.2. The van der Waals surface area contributed by atoms with E-state index in [1.165, 1.54) is 11.8 Å². The maximum absolute atomic E-state index is 12.2. The molecule has 0 spiro atoms. The van der Waals surface area contributed by atoms with Crippen molar-refractivity contribution < 1.29 is 13.9 Å². The highest BCUT2D eigenvalue weighted by molar-refractivity contribution is 7.99. The molecular formula is C18H21F2NOS. The van der Waals surface area contributed by atoms with E-state index in [1.807, 2.05) is 48.5 Å². The Morgan fingerprint density at radius 1 is 1.04 bits per heavy atom. The fraction of sp³-hybridized carbons (Fsp3) is 0.333. The van der Waals surface area contributed by atoms with Gasteiger partial charge in [0.1, 0.15) is 0 Å². The number of aliphatic hydroxyl groups excluding tert-OH is 1. The molecule has 23 heavy (non-hydrogen) atoms. The minimum absolute atomic E-state index is 0.0301. The summed E-state index contributed by atoms with van der Waals surface area (Å²) in [6.45, 7) is 2.75. The second-order valence-electron chi connectivity index (χ2n) is 5.30. The normalized spacial score (nSPS) is 12.6. The lowest BCUT2D eigenvalue weighted by atomic mass is 10.1. The van der Waals surface area contributed by atoms with Gasteiger partial charge in [0.25, 0.3) is 0 Å². The summed E-state index contributed by atoms with van der Waals surface area (Å²) >= 11 is 1.17. The van der Waals surface area contributed by atoms with Crippen molar-refractivity contribution >= 4 is 11.8 Å². The third-order valence-corrected chi connectivity index (χ3v) is 4.67. The molecule has 0 radical (unpaired) electrons. The lowest BCUT2D eigenvalue weighted by molar-refractivity contribution is 0.177. The minimum Gasteiger partial charge on any atom is -0.392 e. The Hall–Kier alpha value is -1.43. The van der Waals surface area contributed by atoms with Gasteiger partial charge in [0, 0.05) is 17.5 Å². The fourth-order valence-electron chi connectivity index (χ4n) is 2.28. The van der Waals surface area contributed by atoms with Crippen molar-refractivity contribution in [3.8, 4) is 0 Å². The van der Waals surface area contributed by atoms with Crippen LogP contribution >= 0.6 is 11.8 Å². The molecule has 0 heterocycles. The first-order valence-electron chi connectivity index (χ1n) is 7.52. The standard InChI is InChI=1S/C18H21F2NOS/c1-13(21-10-15-4-2-3-5-16(15)11-22)14-6-8-17(9-7-14)23-12-18(19)20/h2-9,13,18,21-22H,10-12H2,1H3. The number of thioether (sulfide) groups is 1. The lowest BCUT2D eigenvalue weighted by Gasteiger charge is -2.16. The summed E-state index contributed by atoms with van der Waals surface area (Å²) in [6, 6.07) is 15.6. The van der Waals surface area contributed by atoms with E-state index < -0.39 is 6.43 Å². The van der Waals surface area contributed by atoms with Crippen molar-refractivity contribution in [1.29, 1.82) is 0 Å². The number of nitrogens with one attached hydrogen (secondary N) is 1. The predicted molar refractivity (Wildman–Crippen MR) is 90.8 cm³/mol. The predicted octanol–water partition coefficient (Wildman–Crippen LogP) is 4.39. The molecule has 1 atom stereocenters. The summed E-state index contributed by atoms with van der Waals surface area (Å²) in [4.78, 5) is 0.854. The van der Waals surface area contributed by atoms with Crippen LogP contribution in [-0.4, -0.2) is 17.3 Å². The van der Waals surface area contributed by atoms with Crippen LogP contribution in [0.3, 0.4) is 0 Å². The Morgan fingerprint density at radius 3 is 2.30 bits per heavy atom. The van der Waals surface area contributed by atoms with E-state index in [4.69, 9.17) is 0 Å². The van der Waals surface area contributed by atoms with Gasteiger partial charge in [0.05, 0.1) is 12.4 Å². The van der Waals surface area contributed by atoms with Crippen LogP contribution in [0.4, 0.5) is 8.78 Å². The van der Waals surface area contributed by atoms with Gasteiger partial charge in [-0.25, -0.2) is 8.78 Å². The van der Waals surface area contributed by atoms with Gasteiger partial charge in [-0.1, -0.05) is 36.4 Å². The second kappa shape index (κ2) is 9.01. The number of aliphatic hydroxyl groups is 1. The van der Waals surface area contributed by atoms with E-state index in [9.17, 15) is 13.9 Å². The van der Waals surface area contributed by atoms with Gasteiger partial charge in [-0.2, -0.15) is 0 Å². The largest absolute Gasteiger partial charge is 0.392 e. The smallest absolute Gasteiger partial charge is 0.247 e. The highest BCUT2D eigenvalue weighted by Gasteiger charge is 2.08. The van der Waals surface area contributed by atoms with Gasteiger partial charge in [-0.05, 0) is 35.7 Å². The Kier molecular flexibility index (Phi) is 7.02. The summed E-state index contributed by atoms with van der Waals surface area (Å²) in [5.41, 5.74) is 3.10. The maximum Gasteiger partial charge on any atom is 0.247 e. The first-order chi connectivity index (χ1) is 11.1. The van der Waals surface area contributed by atoms with Gasteiger partial charge in [-0.15, -0.1) is 11.8 Å². The van der Waals surface area contributed by atoms with Crippen LogP contribution in [0.2, 0.25) is 0 Å². The van der Waals surface area contributed by atoms with Crippen LogP contribution in [0.1, 0.15) is 29.7 Å². The summed E-state index contributed by atoms with van der Waals surface area (Å²) < 4.78 is 24.4. The van der Waals surface area contributed by atoms with Gasteiger partial charge < -0.3 is 10.4 Å². The summed E-state index contributed by atoms with van der Waals surface area (Å²) in [6.07, 6.45) is -2.29. The molecule has 1 unspecified atom stereocenters. The van der Waals surface area contributed by atoms with Crippen molar-refractivity contribution in [1.82, 2.24) is 5.32 Å². The van der Waals surface area contributed by atoms with Gasteiger partial charge in [-0.3, -0.25) is 0 Å². The van der Waals surface area contributed by atoms with Crippen molar-refractivity contribution in [2.45, 2.75) is 37.4 Å². The van der Waals surface area contributed by atoms with E-state index in [-0.39, 0.29) is 18.4 Å². The lowest BCUT2D eigenvalue weighted by Crippen LogP contribution is -2.18.